The Morgan fingerprint density at radius 2 is 1.64 bits per heavy atom. The van der Waals surface area contributed by atoms with Crippen LogP contribution in [0.5, 0.6) is 0 Å². The lowest BCUT2D eigenvalue weighted by Gasteiger charge is -2.36. The van der Waals surface area contributed by atoms with Crippen molar-refractivity contribution in [2.24, 2.45) is 0 Å². The third kappa shape index (κ3) is 4.06. The van der Waals surface area contributed by atoms with Gasteiger partial charge in [0.15, 0.2) is 0 Å². The van der Waals surface area contributed by atoms with Gasteiger partial charge in [0, 0.05) is 35.1 Å². The zero-order valence-corrected chi connectivity index (χ0v) is 22.8. The van der Waals surface area contributed by atoms with Crippen molar-refractivity contribution in [3.05, 3.63) is 136 Å². The Bertz CT molecular complexity index is 1880. The molecule has 4 amide bonds. The number of hydrogen-bond donors (Lipinski definition) is 2. The lowest BCUT2D eigenvalue weighted by Crippen LogP contribution is -2.44. The van der Waals surface area contributed by atoms with E-state index in [2.05, 4.69) is 10.3 Å². The van der Waals surface area contributed by atoms with Gasteiger partial charge in [0.05, 0.1) is 11.3 Å². The van der Waals surface area contributed by atoms with Gasteiger partial charge in [-0.1, -0.05) is 78.4 Å². The Balaban J connectivity index is 1.28. The van der Waals surface area contributed by atoms with Crippen molar-refractivity contribution in [2.75, 3.05) is 4.90 Å². The number of fused-ring (bicyclic) bond motifs is 4. The molecule has 0 saturated carbocycles. The van der Waals surface area contributed by atoms with Gasteiger partial charge in [-0.25, -0.2) is 14.1 Å². The molecule has 8 heteroatoms. The highest BCUT2D eigenvalue weighted by molar-refractivity contribution is 6.24. The molecular weight excluding hydrogens is 531 g/mol. The number of aromatic amines is 1. The first-order valence-electron chi connectivity index (χ1n) is 13.9. The Labute approximate surface area is 241 Å². The molecule has 208 valence electrons. The summed E-state index contributed by atoms with van der Waals surface area (Å²) < 4.78 is 14.2. The van der Waals surface area contributed by atoms with Crippen molar-refractivity contribution in [3.8, 4) is 0 Å². The summed E-state index contributed by atoms with van der Waals surface area (Å²) in [4.78, 5) is 48.0. The number of halogens is 1. The number of anilines is 1. The zero-order chi connectivity index (χ0) is 29.0. The lowest BCUT2D eigenvalue weighted by atomic mass is 9.88. The van der Waals surface area contributed by atoms with Crippen LogP contribution in [0.1, 0.15) is 44.3 Å². The van der Waals surface area contributed by atoms with Crippen LogP contribution < -0.4 is 10.2 Å². The number of carbonyl (C=O) groups is 3. The first-order valence-corrected chi connectivity index (χ1v) is 13.9. The van der Waals surface area contributed by atoms with Crippen LogP contribution in [-0.2, 0) is 17.8 Å². The lowest BCUT2D eigenvalue weighted by molar-refractivity contribution is -0.120. The van der Waals surface area contributed by atoms with Crippen LogP contribution in [0, 0.1) is 12.7 Å². The van der Waals surface area contributed by atoms with Crippen molar-refractivity contribution in [3.63, 3.8) is 0 Å². The summed E-state index contributed by atoms with van der Waals surface area (Å²) in [5.74, 6) is -1.32. The second kappa shape index (κ2) is 9.99. The largest absolute Gasteiger partial charge is 0.356 e. The number of amides is 4. The van der Waals surface area contributed by atoms with Gasteiger partial charge in [-0.3, -0.25) is 14.5 Å². The normalized spacial score (nSPS) is 17.9. The van der Waals surface area contributed by atoms with Crippen LogP contribution in [0.15, 0.2) is 97.1 Å². The average Bonchev–Trinajstić information content (AvgIpc) is 3.50. The fraction of sp³-hybridized carbons (Fsp3) is 0.147. The maximum absolute atomic E-state index is 14.3. The maximum atomic E-state index is 14.3. The molecule has 1 unspecified atom stereocenters. The number of urea groups is 1. The second-order valence-electron chi connectivity index (χ2n) is 10.8. The Morgan fingerprint density at radius 1 is 0.929 bits per heavy atom. The molecule has 2 aliphatic rings. The molecule has 42 heavy (non-hydrogen) atoms. The van der Waals surface area contributed by atoms with E-state index >= 15 is 0 Å². The van der Waals surface area contributed by atoms with Crippen LogP contribution in [0.3, 0.4) is 0 Å². The van der Waals surface area contributed by atoms with Gasteiger partial charge in [-0.05, 0) is 42.3 Å². The monoisotopic (exact) mass is 558 g/mol. The van der Waals surface area contributed by atoms with Crippen LogP contribution in [0.2, 0.25) is 0 Å². The molecule has 0 spiro atoms. The first-order chi connectivity index (χ1) is 20.4. The molecular formula is C34H27FN4O3. The van der Waals surface area contributed by atoms with Gasteiger partial charge in [0.2, 0.25) is 0 Å². The molecule has 4 aromatic carbocycles. The minimum Gasteiger partial charge on any atom is -0.356 e. The molecule has 2 aliphatic heterocycles. The van der Waals surface area contributed by atoms with E-state index in [-0.39, 0.29) is 23.7 Å². The molecule has 5 aromatic rings. The van der Waals surface area contributed by atoms with Gasteiger partial charge in [0.25, 0.3) is 11.8 Å². The Hall–Kier alpha value is -5.24. The van der Waals surface area contributed by atoms with E-state index in [0.717, 1.165) is 38.2 Å². The molecule has 2 atom stereocenters. The van der Waals surface area contributed by atoms with E-state index < -0.39 is 29.8 Å². The number of aromatic nitrogens is 1. The summed E-state index contributed by atoms with van der Waals surface area (Å²) in [6.07, 6.45) is 0.352. The Kier molecular flexibility index (Phi) is 6.12. The fourth-order valence-corrected chi connectivity index (χ4v) is 6.16. The van der Waals surface area contributed by atoms with Crippen molar-refractivity contribution >= 4 is 34.4 Å². The molecule has 7 rings (SSSR count). The number of nitrogens with one attached hydrogen (secondary N) is 2. The summed E-state index contributed by atoms with van der Waals surface area (Å²) in [5, 5.41) is 3.76. The predicted octanol–water partition coefficient (Wildman–Crippen LogP) is 6.03. The predicted molar refractivity (Wildman–Crippen MR) is 158 cm³/mol. The molecule has 0 radical (unpaired) electrons. The minimum atomic E-state index is -0.745. The third-order valence-electron chi connectivity index (χ3n) is 8.23. The van der Waals surface area contributed by atoms with Crippen molar-refractivity contribution in [1.29, 1.82) is 0 Å². The highest BCUT2D eigenvalue weighted by atomic mass is 19.1. The molecule has 1 fully saturated rings. The van der Waals surface area contributed by atoms with E-state index in [1.54, 1.807) is 47.4 Å². The zero-order valence-electron chi connectivity index (χ0n) is 22.8. The molecule has 1 aromatic heterocycles. The van der Waals surface area contributed by atoms with E-state index in [9.17, 15) is 18.8 Å². The molecule has 0 aliphatic carbocycles. The van der Waals surface area contributed by atoms with Gasteiger partial charge in [-0.2, -0.15) is 0 Å². The maximum Gasteiger partial charge on any atom is 0.332 e. The molecule has 7 nitrogen and oxygen atoms in total. The molecule has 2 N–H and O–H groups in total. The molecule has 1 saturated heterocycles. The Morgan fingerprint density at radius 3 is 2.45 bits per heavy atom. The highest BCUT2D eigenvalue weighted by Crippen LogP contribution is 2.45. The number of rotatable bonds is 5. The fourth-order valence-electron chi connectivity index (χ4n) is 6.16. The smallest absolute Gasteiger partial charge is 0.332 e. The SMILES string of the molecule is Cc1ccc(C2c3[nH]c4ccccc4c3C[C@H]3C(=O)N(c4ccccc4C(=O)NCc4ccccc4F)C(=O)N23)cc1. The van der Waals surface area contributed by atoms with Crippen LogP contribution in [-0.4, -0.2) is 33.8 Å². The molecule has 3 heterocycles. The first kappa shape index (κ1) is 25.7. The van der Waals surface area contributed by atoms with Crippen molar-refractivity contribution < 1.29 is 18.8 Å². The molecule has 0 bridgehead atoms. The average molecular weight is 559 g/mol. The number of nitrogens with zero attached hydrogens (tertiary/aromatic N) is 2. The van der Waals surface area contributed by atoms with Crippen LogP contribution >= 0.6 is 0 Å². The van der Waals surface area contributed by atoms with Gasteiger partial charge in [-0.15, -0.1) is 0 Å². The van der Waals surface area contributed by atoms with E-state index in [0.29, 0.717) is 12.0 Å². The van der Waals surface area contributed by atoms with E-state index in [1.807, 2.05) is 55.5 Å². The quantitative estimate of drug-likeness (QED) is 0.259. The summed E-state index contributed by atoms with van der Waals surface area (Å²) in [7, 11) is 0. The highest BCUT2D eigenvalue weighted by Gasteiger charge is 2.53. The van der Waals surface area contributed by atoms with Crippen LogP contribution in [0.25, 0.3) is 10.9 Å². The van der Waals surface area contributed by atoms with Gasteiger partial charge >= 0.3 is 6.03 Å². The number of para-hydroxylation sites is 2. The summed E-state index contributed by atoms with van der Waals surface area (Å²) >= 11 is 0. The minimum absolute atomic E-state index is 0.0340. The van der Waals surface area contributed by atoms with Crippen molar-refractivity contribution in [1.82, 2.24) is 15.2 Å². The van der Waals surface area contributed by atoms with Crippen LogP contribution in [0.4, 0.5) is 14.9 Å². The third-order valence-corrected chi connectivity index (χ3v) is 8.23. The summed E-state index contributed by atoms with van der Waals surface area (Å²) in [5.41, 5.74) is 5.51. The van der Waals surface area contributed by atoms with E-state index in [1.165, 1.54) is 6.07 Å². The van der Waals surface area contributed by atoms with Gasteiger partial charge < -0.3 is 10.3 Å². The van der Waals surface area contributed by atoms with Crippen molar-refractivity contribution in [2.45, 2.75) is 32.0 Å². The summed E-state index contributed by atoms with van der Waals surface area (Å²) in [6, 6.07) is 26.9. The standard InChI is InChI=1S/C34H27FN4O3/c1-20-14-16-21(17-15-20)31-30-25(23-9-3-6-12-27(23)37-30)18-29-33(41)39(34(42)38(29)31)28-13-7-4-10-24(28)32(40)36-19-22-8-2-5-11-26(22)35/h2-17,29,31,37H,18-19H2,1H3,(H,36,40)/t29-,31?/m0/s1. The summed E-state index contributed by atoms with van der Waals surface area (Å²) in [6.45, 7) is 1.97. The number of carbonyl (C=O) groups excluding carboxylic acids is 3. The number of hydrogen-bond acceptors (Lipinski definition) is 3. The number of benzene rings is 4. The number of aryl methyl sites for hydroxylation is 1. The number of imide groups is 1. The van der Waals surface area contributed by atoms with Gasteiger partial charge in [0.1, 0.15) is 17.9 Å². The van der Waals surface area contributed by atoms with E-state index in [4.69, 9.17) is 0 Å². The second-order valence-corrected chi connectivity index (χ2v) is 10.8. The topological polar surface area (TPSA) is 85.5 Å². The number of H-pyrrole nitrogens is 1.